The average molecular weight is 401 g/mol. The summed E-state index contributed by atoms with van der Waals surface area (Å²) in [6.45, 7) is 6.50. The van der Waals surface area contributed by atoms with Gasteiger partial charge in [-0.2, -0.15) is 0 Å². The number of hydrogen-bond donors (Lipinski definition) is 1. The molecule has 0 saturated heterocycles. The zero-order valence-corrected chi connectivity index (χ0v) is 18.6. The Morgan fingerprint density at radius 2 is 1.75 bits per heavy atom. The molecule has 1 N–H and O–H groups in total. The highest BCUT2D eigenvalue weighted by atomic mass is 32.2. The fourth-order valence-electron chi connectivity index (χ4n) is 2.69. The van der Waals surface area contributed by atoms with Gasteiger partial charge < -0.3 is 15.1 Å². The van der Waals surface area contributed by atoms with Crippen LogP contribution in [0.1, 0.15) is 24.2 Å². The van der Waals surface area contributed by atoms with Gasteiger partial charge in [-0.3, -0.25) is 4.79 Å². The van der Waals surface area contributed by atoms with E-state index < -0.39 is 0 Å². The SMILES string of the molecule is CSc1ccc(-c2ccc(C(=O)NCC(C)C)c(N(C)CCN(C)C)n2)cc1. The third-order valence-electron chi connectivity index (χ3n) is 4.42. The van der Waals surface area contributed by atoms with Crippen LogP contribution in [0.3, 0.4) is 0 Å². The van der Waals surface area contributed by atoms with Gasteiger partial charge in [-0.15, -0.1) is 11.8 Å². The maximum absolute atomic E-state index is 12.8. The molecule has 0 aliphatic rings. The maximum atomic E-state index is 12.8. The molecule has 1 aromatic carbocycles. The maximum Gasteiger partial charge on any atom is 0.255 e. The monoisotopic (exact) mass is 400 g/mol. The van der Waals surface area contributed by atoms with Crippen LogP contribution in [0.4, 0.5) is 5.82 Å². The Kier molecular flexibility index (Phi) is 8.33. The van der Waals surface area contributed by atoms with E-state index in [0.717, 1.165) is 30.2 Å². The fourth-order valence-corrected chi connectivity index (χ4v) is 3.10. The highest BCUT2D eigenvalue weighted by Gasteiger charge is 2.18. The van der Waals surface area contributed by atoms with Crippen molar-refractivity contribution in [2.75, 3.05) is 51.9 Å². The van der Waals surface area contributed by atoms with Crippen molar-refractivity contribution in [1.82, 2.24) is 15.2 Å². The number of carbonyl (C=O) groups is 1. The summed E-state index contributed by atoms with van der Waals surface area (Å²) in [7, 11) is 6.08. The number of amides is 1. The van der Waals surface area contributed by atoms with Crippen LogP contribution in [0.15, 0.2) is 41.3 Å². The molecule has 6 heteroatoms. The molecule has 1 heterocycles. The first kappa shape index (κ1) is 22.2. The van der Waals surface area contributed by atoms with E-state index in [4.69, 9.17) is 4.98 Å². The second kappa shape index (κ2) is 10.5. The Morgan fingerprint density at radius 3 is 2.32 bits per heavy atom. The summed E-state index contributed by atoms with van der Waals surface area (Å²) in [4.78, 5) is 23.0. The zero-order chi connectivity index (χ0) is 20.7. The number of benzene rings is 1. The molecular weight excluding hydrogens is 368 g/mol. The van der Waals surface area contributed by atoms with E-state index in [0.29, 0.717) is 18.0 Å². The number of rotatable bonds is 9. The van der Waals surface area contributed by atoms with Gasteiger partial charge >= 0.3 is 0 Å². The molecule has 1 aromatic heterocycles. The van der Waals surface area contributed by atoms with Crippen LogP contribution in [-0.2, 0) is 0 Å². The molecule has 2 aromatic rings. The summed E-state index contributed by atoms with van der Waals surface area (Å²) >= 11 is 1.72. The topological polar surface area (TPSA) is 48.5 Å². The molecule has 152 valence electrons. The number of hydrogen-bond acceptors (Lipinski definition) is 5. The molecular formula is C22H32N4OS. The van der Waals surface area contributed by atoms with Gasteiger partial charge in [0.1, 0.15) is 5.82 Å². The van der Waals surface area contributed by atoms with E-state index in [1.165, 1.54) is 4.90 Å². The third kappa shape index (κ3) is 6.24. The molecule has 0 radical (unpaired) electrons. The lowest BCUT2D eigenvalue weighted by Crippen LogP contribution is -2.33. The third-order valence-corrected chi connectivity index (χ3v) is 5.16. The van der Waals surface area contributed by atoms with Crippen molar-refractivity contribution in [2.24, 2.45) is 5.92 Å². The molecule has 0 saturated carbocycles. The number of pyridine rings is 1. The van der Waals surface area contributed by atoms with Crippen LogP contribution in [0.2, 0.25) is 0 Å². The first-order chi connectivity index (χ1) is 13.3. The largest absolute Gasteiger partial charge is 0.358 e. The summed E-state index contributed by atoms with van der Waals surface area (Å²) in [6, 6.07) is 12.2. The Labute approximate surface area is 173 Å². The van der Waals surface area contributed by atoms with E-state index in [2.05, 4.69) is 59.5 Å². The smallest absolute Gasteiger partial charge is 0.255 e. The molecule has 0 aliphatic heterocycles. The average Bonchev–Trinajstić information content (AvgIpc) is 2.69. The Hall–Kier alpha value is -2.05. The number of anilines is 1. The van der Waals surface area contributed by atoms with Gasteiger partial charge in [0.15, 0.2) is 0 Å². The second-order valence-electron chi connectivity index (χ2n) is 7.62. The van der Waals surface area contributed by atoms with Crippen molar-refractivity contribution in [3.8, 4) is 11.3 Å². The summed E-state index contributed by atoms with van der Waals surface area (Å²) < 4.78 is 0. The molecule has 0 unspecified atom stereocenters. The second-order valence-corrected chi connectivity index (χ2v) is 8.50. The van der Waals surface area contributed by atoms with Crippen molar-refractivity contribution in [3.05, 3.63) is 42.0 Å². The lowest BCUT2D eigenvalue weighted by Gasteiger charge is -2.23. The van der Waals surface area contributed by atoms with Gasteiger partial charge in [0.25, 0.3) is 5.91 Å². The molecule has 0 atom stereocenters. The minimum Gasteiger partial charge on any atom is -0.358 e. The van der Waals surface area contributed by atoms with Gasteiger partial charge in [0.05, 0.1) is 11.3 Å². The summed E-state index contributed by atoms with van der Waals surface area (Å²) in [5.74, 6) is 1.05. The standard InChI is InChI=1S/C22H32N4OS/c1-16(2)15-23-22(27)19-11-12-20(17-7-9-18(28-6)10-8-17)24-21(19)26(5)14-13-25(3)4/h7-12,16H,13-15H2,1-6H3,(H,23,27). The Morgan fingerprint density at radius 1 is 1.07 bits per heavy atom. The van der Waals surface area contributed by atoms with Gasteiger partial charge in [0, 0.05) is 37.1 Å². The normalized spacial score (nSPS) is 11.1. The molecule has 28 heavy (non-hydrogen) atoms. The van der Waals surface area contributed by atoms with E-state index in [1.54, 1.807) is 11.8 Å². The van der Waals surface area contributed by atoms with Crippen LogP contribution >= 0.6 is 11.8 Å². The lowest BCUT2D eigenvalue weighted by atomic mass is 10.1. The van der Waals surface area contributed by atoms with E-state index in [9.17, 15) is 4.79 Å². The highest BCUT2D eigenvalue weighted by Crippen LogP contribution is 2.26. The Balaban J connectivity index is 2.36. The van der Waals surface area contributed by atoms with Gasteiger partial charge in [0.2, 0.25) is 0 Å². The highest BCUT2D eigenvalue weighted by molar-refractivity contribution is 7.98. The van der Waals surface area contributed by atoms with Crippen LogP contribution in [0.5, 0.6) is 0 Å². The first-order valence-electron chi connectivity index (χ1n) is 9.61. The van der Waals surface area contributed by atoms with Crippen molar-refractivity contribution < 1.29 is 4.79 Å². The number of carbonyl (C=O) groups excluding carboxylic acids is 1. The van der Waals surface area contributed by atoms with Crippen LogP contribution in [-0.4, -0.2) is 62.8 Å². The summed E-state index contributed by atoms with van der Waals surface area (Å²) in [6.07, 6.45) is 2.07. The van der Waals surface area contributed by atoms with Gasteiger partial charge in [-0.25, -0.2) is 4.98 Å². The number of thioether (sulfide) groups is 1. The van der Waals surface area contributed by atoms with Crippen LogP contribution in [0.25, 0.3) is 11.3 Å². The van der Waals surface area contributed by atoms with E-state index >= 15 is 0 Å². The van der Waals surface area contributed by atoms with E-state index in [1.807, 2.05) is 33.3 Å². The number of aromatic nitrogens is 1. The number of nitrogens with zero attached hydrogens (tertiary/aromatic N) is 3. The minimum absolute atomic E-state index is 0.0721. The fraction of sp³-hybridized carbons (Fsp3) is 0.455. The predicted octanol–water partition coefficient (Wildman–Crippen LogP) is 3.85. The molecule has 1 amide bonds. The van der Waals surface area contributed by atoms with E-state index in [-0.39, 0.29) is 5.91 Å². The summed E-state index contributed by atoms with van der Waals surface area (Å²) in [5, 5.41) is 3.01. The summed E-state index contributed by atoms with van der Waals surface area (Å²) in [5.41, 5.74) is 2.54. The minimum atomic E-state index is -0.0721. The number of nitrogens with one attached hydrogen (secondary N) is 1. The quantitative estimate of drug-likeness (QED) is 0.648. The zero-order valence-electron chi connectivity index (χ0n) is 17.8. The molecule has 0 aliphatic carbocycles. The molecule has 0 spiro atoms. The van der Waals surface area contributed by atoms with Gasteiger partial charge in [-0.1, -0.05) is 26.0 Å². The molecule has 0 fully saturated rings. The van der Waals surface area contributed by atoms with Gasteiger partial charge in [-0.05, 0) is 50.5 Å². The Bertz CT molecular complexity index is 775. The molecule has 5 nitrogen and oxygen atoms in total. The van der Waals surface area contributed by atoms with Crippen molar-refractivity contribution in [3.63, 3.8) is 0 Å². The number of likely N-dealkylation sites (N-methyl/N-ethyl adjacent to an activating group) is 2. The van der Waals surface area contributed by atoms with Crippen molar-refractivity contribution in [2.45, 2.75) is 18.7 Å². The molecule has 2 rings (SSSR count). The molecule has 0 bridgehead atoms. The van der Waals surface area contributed by atoms with Crippen molar-refractivity contribution >= 4 is 23.5 Å². The van der Waals surface area contributed by atoms with Crippen molar-refractivity contribution in [1.29, 1.82) is 0 Å². The van der Waals surface area contributed by atoms with Crippen LogP contribution < -0.4 is 10.2 Å². The van der Waals surface area contributed by atoms with Crippen LogP contribution in [0, 0.1) is 5.92 Å². The lowest BCUT2D eigenvalue weighted by molar-refractivity contribution is 0.0949. The first-order valence-corrected chi connectivity index (χ1v) is 10.8. The predicted molar refractivity (Wildman–Crippen MR) is 120 cm³/mol.